The van der Waals surface area contributed by atoms with Crippen molar-refractivity contribution in [2.45, 2.75) is 50.6 Å². The Morgan fingerprint density at radius 1 is 1.00 bits per heavy atom. The van der Waals surface area contributed by atoms with Gasteiger partial charge < -0.3 is 19.8 Å². The Morgan fingerprint density at radius 2 is 1.80 bits per heavy atom. The van der Waals surface area contributed by atoms with Gasteiger partial charge in [0.15, 0.2) is 0 Å². The molecule has 40 heavy (non-hydrogen) atoms. The Morgan fingerprint density at radius 3 is 2.55 bits per heavy atom. The third-order valence-electron chi connectivity index (χ3n) is 7.56. The Labute approximate surface area is 233 Å². The Hall–Kier alpha value is -4.33. The van der Waals surface area contributed by atoms with Gasteiger partial charge in [-0.1, -0.05) is 43.5 Å². The van der Waals surface area contributed by atoms with Crippen LogP contribution in [0.15, 0.2) is 72.9 Å². The SMILES string of the molecule is COc1ccc([C@H](C(=O)NC2CCCCC2)N(C(=O)Cc2c[nH]c3ccccc23)c2cccc(F)c2)c(OC)c1. The number of nitrogens with zero attached hydrogens (tertiary/aromatic N) is 1. The first-order valence-corrected chi connectivity index (χ1v) is 13.6. The van der Waals surface area contributed by atoms with Crippen molar-refractivity contribution >= 4 is 28.4 Å². The van der Waals surface area contributed by atoms with Crippen molar-refractivity contribution in [2.24, 2.45) is 0 Å². The highest BCUT2D eigenvalue weighted by Crippen LogP contribution is 2.37. The van der Waals surface area contributed by atoms with E-state index in [-0.39, 0.29) is 30.0 Å². The summed E-state index contributed by atoms with van der Waals surface area (Å²) in [6.07, 6.45) is 6.77. The normalized spacial score (nSPS) is 14.5. The second-order valence-electron chi connectivity index (χ2n) is 10.1. The van der Waals surface area contributed by atoms with Crippen molar-refractivity contribution in [1.82, 2.24) is 10.3 Å². The van der Waals surface area contributed by atoms with Gasteiger partial charge in [0.2, 0.25) is 11.8 Å². The third kappa shape index (κ3) is 5.81. The van der Waals surface area contributed by atoms with Crippen LogP contribution in [0.4, 0.5) is 10.1 Å². The maximum absolute atomic E-state index is 14.6. The minimum absolute atomic E-state index is 0.00562. The number of anilines is 1. The summed E-state index contributed by atoms with van der Waals surface area (Å²) in [5.41, 5.74) is 2.46. The van der Waals surface area contributed by atoms with E-state index >= 15 is 0 Å². The van der Waals surface area contributed by atoms with Crippen LogP contribution < -0.4 is 19.7 Å². The van der Waals surface area contributed by atoms with Gasteiger partial charge in [-0.15, -0.1) is 0 Å². The fourth-order valence-electron chi connectivity index (χ4n) is 5.56. The number of aromatic nitrogens is 1. The molecule has 2 amide bonds. The molecule has 1 fully saturated rings. The fraction of sp³-hybridized carbons (Fsp3) is 0.312. The number of methoxy groups -OCH3 is 2. The number of ether oxygens (including phenoxy) is 2. The van der Waals surface area contributed by atoms with Crippen LogP contribution in [0, 0.1) is 5.82 Å². The van der Waals surface area contributed by atoms with Crippen molar-refractivity contribution in [3.8, 4) is 11.5 Å². The Bertz CT molecular complexity index is 1490. The number of carbonyl (C=O) groups excluding carboxylic acids is 2. The van der Waals surface area contributed by atoms with E-state index in [0.717, 1.165) is 48.6 Å². The summed E-state index contributed by atoms with van der Waals surface area (Å²) in [6, 6.07) is 17.5. The molecule has 1 aliphatic rings. The summed E-state index contributed by atoms with van der Waals surface area (Å²) >= 11 is 0. The minimum Gasteiger partial charge on any atom is -0.497 e. The molecular weight excluding hydrogens is 509 g/mol. The predicted octanol–water partition coefficient (Wildman–Crippen LogP) is 6.09. The quantitative estimate of drug-likeness (QED) is 0.268. The molecule has 1 saturated carbocycles. The largest absolute Gasteiger partial charge is 0.497 e. The zero-order valence-corrected chi connectivity index (χ0v) is 22.8. The molecule has 1 aliphatic carbocycles. The lowest BCUT2D eigenvalue weighted by molar-refractivity contribution is -0.127. The van der Waals surface area contributed by atoms with Gasteiger partial charge in [0.1, 0.15) is 23.4 Å². The Balaban J connectivity index is 1.61. The highest BCUT2D eigenvalue weighted by atomic mass is 19.1. The number of amides is 2. The number of benzene rings is 3. The van der Waals surface area contributed by atoms with Crippen LogP contribution in [0.2, 0.25) is 0 Å². The van der Waals surface area contributed by atoms with Gasteiger partial charge in [-0.2, -0.15) is 0 Å². The number of aromatic amines is 1. The van der Waals surface area contributed by atoms with Crippen LogP contribution in [0.1, 0.15) is 49.3 Å². The molecule has 3 aromatic carbocycles. The van der Waals surface area contributed by atoms with Gasteiger partial charge in [-0.25, -0.2) is 4.39 Å². The fourth-order valence-corrected chi connectivity index (χ4v) is 5.56. The first kappa shape index (κ1) is 27.2. The second-order valence-corrected chi connectivity index (χ2v) is 10.1. The number of para-hydroxylation sites is 1. The smallest absolute Gasteiger partial charge is 0.248 e. The Kier molecular flexibility index (Phi) is 8.34. The maximum Gasteiger partial charge on any atom is 0.248 e. The van der Waals surface area contributed by atoms with Crippen molar-refractivity contribution in [1.29, 1.82) is 0 Å². The molecule has 8 heteroatoms. The number of hydrogen-bond donors (Lipinski definition) is 2. The summed E-state index contributed by atoms with van der Waals surface area (Å²) < 4.78 is 25.6. The number of carbonyl (C=O) groups is 2. The summed E-state index contributed by atoms with van der Waals surface area (Å²) in [7, 11) is 3.06. The molecular formula is C32H34FN3O4. The molecule has 2 N–H and O–H groups in total. The molecule has 0 bridgehead atoms. The lowest BCUT2D eigenvalue weighted by atomic mass is 9.94. The molecule has 0 unspecified atom stereocenters. The number of halogens is 1. The first-order valence-electron chi connectivity index (χ1n) is 13.6. The summed E-state index contributed by atoms with van der Waals surface area (Å²) in [5.74, 6) is -0.252. The molecule has 4 aromatic rings. The summed E-state index contributed by atoms with van der Waals surface area (Å²) in [5, 5.41) is 4.10. The van der Waals surface area contributed by atoms with Gasteiger partial charge >= 0.3 is 0 Å². The zero-order valence-electron chi connectivity index (χ0n) is 22.8. The lowest BCUT2D eigenvalue weighted by Crippen LogP contribution is -2.48. The van der Waals surface area contributed by atoms with Crippen LogP contribution in [-0.4, -0.2) is 37.1 Å². The van der Waals surface area contributed by atoms with Crippen LogP contribution in [-0.2, 0) is 16.0 Å². The van der Waals surface area contributed by atoms with Crippen molar-refractivity contribution in [3.63, 3.8) is 0 Å². The monoisotopic (exact) mass is 543 g/mol. The molecule has 0 saturated heterocycles. The molecule has 1 heterocycles. The number of H-pyrrole nitrogens is 1. The molecule has 0 radical (unpaired) electrons. The van der Waals surface area contributed by atoms with Gasteiger partial charge in [0.25, 0.3) is 0 Å². The van der Waals surface area contributed by atoms with E-state index in [2.05, 4.69) is 10.3 Å². The minimum atomic E-state index is -1.11. The second kappa shape index (κ2) is 12.2. The number of rotatable bonds is 9. The van der Waals surface area contributed by atoms with Gasteiger partial charge in [-0.05, 0) is 54.8 Å². The molecule has 0 spiro atoms. The first-order chi connectivity index (χ1) is 19.5. The van der Waals surface area contributed by atoms with Gasteiger partial charge in [0.05, 0.1) is 20.6 Å². The molecule has 5 rings (SSSR count). The van der Waals surface area contributed by atoms with E-state index in [1.807, 2.05) is 24.3 Å². The van der Waals surface area contributed by atoms with Crippen LogP contribution in [0.3, 0.4) is 0 Å². The van der Waals surface area contributed by atoms with E-state index < -0.39 is 11.9 Å². The predicted molar refractivity (Wildman–Crippen MR) is 153 cm³/mol. The zero-order chi connectivity index (χ0) is 28.1. The van der Waals surface area contributed by atoms with Crippen LogP contribution in [0.25, 0.3) is 10.9 Å². The average molecular weight is 544 g/mol. The number of fused-ring (bicyclic) bond motifs is 1. The highest BCUT2D eigenvalue weighted by molar-refractivity contribution is 6.03. The molecule has 0 aliphatic heterocycles. The van der Waals surface area contributed by atoms with Crippen molar-refractivity contribution in [3.05, 3.63) is 89.9 Å². The molecule has 208 valence electrons. The third-order valence-corrected chi connectivity index (χ3v) is 7.56. The standard InChI is InChI=1S/C32H34FN3O4/c1-39-25-15-16-27(29(19-25)40-2)31(32(38)35-23-10-4-3-5-11-23)36(24-12-8-9-22(33)18-24)30(37)17-21-20-34-28-14-7-6-13-26(21)28/h6-9,12-16,18-20,23,31,34H,3-5,10-11,17H2,1-2H3,(H,35,38)/t31-/m1/s1. The molecule has 7 nitrogen and oxygen atoms in total. The van der Waals surface area contributed by atoms with Gasteiger partial charge in [-0.3, -0.25) is 14.5 Å². The summed E-state index contributed by atoms with van der Waals surface area (Å²) in [6.45, 7) is 0. The van der Waals surface area contributed by atoms with Crippen LogP contribution in [0.5, 0.6) is 11.5 Å². The van der Waals surface area contributed by atoms with E-state index in [1.54, 1.807) is 37.6 Å². The lowest BCUT2D eigenvalue weighted by Gasteiger charge is -2.34. The van der Waals surface area contributed by atoms with Crippen LogP contribution >= 0.6 is 0 Å². The molecule has 1 atom stereocenters. The van der Waals surface area contributed by atoms with Crippen molar-refractivity contribution in [2.75, 3.05) is 19.1 Å². The van der Waals surface area contributed by atoms with E-state index in [4.69, 9.17) is 9.47 Å². The van der Waals surface area contributed by atoms with E-state index in [9.17, 15) is 14.0 Å². The van der Waals surface area contributed by atoms with E-state index in [0.29, 0.717) is 17.1 Å². The maximum atomic E-state index is 14.6. The number of hydrogen-bond acceptors (Lipinski definition) is 4. The summed E-state index contributed by atoms with van der Waals surface area (Å²) in [4.78, 5) is 33.0. The highest BCUT2D eigenvalue weighted by Gasteiger charge is 2.36. The molecule has 1 aromatic heterocycles. The van der Waals surface area contributed by atoms with Crippen molar-refractivity contribution < 1.29 is 23.5 Å². The topological polar surface area (TPSA) is 83.7 Å². The van der Waals surface area contributed by atoms with E-state index in [1.165, 1.54) is 30.2 Å². The van der Waals surface area contributed by atoms with Gasteiger partial charge in [0, 0.05) is 40.5 Å². The average Bonchev–Trinajstić information content (AvgIpc) is 3.38. The number of nitrogens with one attached hydrogen (secondary N) is 2.